The van der Waals surface area contributed by atoms with Crippen molar-refractivity contribution in [1.82, 2.24) is 35.0 Å². The molecule has 9 nitrogen and oxygen atoms in total. The summed E-state index contributed by atoms with van der Waals surface area (Å²) in [6.45, 7) is 0.497. The molecule has 4 aromatic heterocycles. The van der Waals surface area contributed by atoms with Gasteiger partial charge in [0.2, 0.25) is 0 Å². The summed E-state index contributed by atoms with van der Waals surface area (Å²) in [6.07, 6.45) is 5.86. The summed E-state index contributed by atoms with van der Waals surface area (Å²) >= 11 is 2.94. The highest BCUT2D eigenvalue weighted by molar-refractivity contribution is 7.98. The normalized spacial score (nSPS) is 10.8. The van der Waals surface area contributed by atoms with Gasteiger partial charge in [-0.1, -0.05) is 30.0 Å². The molecule has 5 aromatic rings. The zero-order chi connectivity index (χ0) is 25.5. The SMILES string of the molecule is COc1ccccc1-n1c(SCc2nc(C(=O)NCCc3ccccn3)cs2)nnc1-c1ccncc1. The van der Waals surface area contributed by atoms with Crippen LogP contribution in [0.4, 0.5) is 0 Å². The van der Waals surface area contributed by atoms with Gasteiger partial charge in [0.1, 0.15) is 16.5 Å². The van der Waals surface area contributed by atoms with Crippen LogP contribution in [0, 0.1) is 0 Å². The van der Waals surface area contributed by atoms with Crippen LogP contribution < -0.4 is 10.1 Å². The predicted molar refractivity (Wildman–Crippen MR) is 143 cm³/mol. The van der Waals surface area contributed by atoms with Crippen LogP contribution >= 0.6 is 23.1 Å². The second-order valence-electron chi connectivity index (χ2n) is 7.79. The number of carbonyl (C=O) groups excluding carboxylic acids is 1. The average molecular weight is 530 g/mol. The molecule has 0 spiro atoms. The molecular weight excluding hydrogens is 506 g/mol. The number of methoxy groups -OCH3 is 1. The van der Waals surface area contributed by atoms with Crippen molar-refractivity contribution in [1.29, 1.82) is 0 Å². The number of rotatable bonds is 10. The van der Waals surface area contributed by atoms with Gasteiger partial charge in [-0.25, -0.2) is 4.98 Å². The number of nitrogens with zero attached hydrogens (tertiary/aromatic N) is 6. The maximum Gasteiger partial charge on any atom is 0.270 e. The molecule has 0 fully saturated rings. The van der Waals surface area contributed by atoms with Crippen LogP contribution in [0.5, 0.6) is 5.75 Å². The first-order valence-electron chi connectivity index (χ1n) is 11.5. The van der Waals surface area contributed by atoms with E-state index in [2.05, 4.69) is 30.5 Å². The van der Waals surface area contributed by atoms with E-state index in [-0.39, 0.29) is 5.91 Å². The number of para-hydroxylation sites is 2. The van der Waals surface area contributed by atoms with Gasteiger partial charge < -0.3 is 10.1 Å². The van der Waals surface area contributed by atoms with Crippen molar-refractivity contribution in [2.45, 2.75) is 17.3 Å². The smallest absolute Gasteiger partial charge is 0.270 e. The van der Waals surface area contributed by atoms with Crippen LogP contribution in [0.15, 0.2) is 83.7 Å². The van der Waals surface area contributed by atoms with Gasteiger partial charge in [-0.15, -0.1) is 21.5 Å². The van der Waals surface area contributed by atoms with Gasteiger partial charge in [-0.2, -0.15) is 0 Å². The number of thioether (sulfide) groups is 1. The van der Waals surface area contributed by atoms with Crippen molar-refractivity contribution in [2.24, 2.45) is 0 Å². The van der Waals surface area contributed by atoms with Crippen LogP contribution in [-0.4, -0.2) is 49.3 Å². The molecule has 5 rings (SSSR count). The van der Waals surface area contributed by atoms with E-state index in [4.69, 9.17) is 4.74 Å². The Kier molecular flexibility index (Phi) is 7.82. The fourth-order valence-corrected chi connectivity index (χ4v) is 5.37. The first-order valence-corrected chi connectivity index (χ1v) is 13.3. The van der Waals surface area contributed by atoms with Crippen molar-refractivity contribution in [3.63, 3.8) is 0 Å². The van der Waals surface area contributed by atoms with Crippen LogP contribution in [0.3, 0.4) is 0 Å². The first kappa shape index (κ1) is 24.6. The summed E-state index contributed by atoms with van der Waals surface area (Å²) in [4.78, 5) is 25.5. The van der Waals surface area contributed by atoms with Gasteiger partial charge in [0, 0.05) is 48.2 Å². The summed E-state index contributed by atoms with van der Waals surface area (Å²) in [7, 11) is 1.64. The topological polar surface area (TPSA) is 108 Å². The zero-order valence-electron chi connectivity index (χ0n) is 19.9. The number of carbonyl (C=O) groups is 1. The maximum absolute atomic E-state index is 12.6. The molecule has 1 N–H and O–H groups in total. The molecule has 0 aliphatic rings. The molecular formula is C26H23N7O2S2. The molecule has 4 heterocycles. The molecule has 0 aliphatic carbocycles. The summed E-state index contributed by atoms with van der Waals surface area (Å²) in [5.41, 5.74) is 3.06. The van der Waals surface area contributed by atoms with Gasteiger partial charge in [-0.05, 0) is 36.4 Å². The Morgan fingerprint density at radius 3 is 2.70 bits per heavy atom. The lowest BCUT2D eigenvalue weighted by Crippen LogP contribution is -2.26. The number of hydrogen-bond acceptors (Lipinski definition) is 9. The number of nitrogens with one attached hydrogen (secondary N) is 1. The van der Waals surface area contributed by atoms with Gasteiger partial charge in [-0.3, -0.25) is 19.3 Å². The Labute approximate surface area is 222 Å². The highest BCUT2D eigenvalue weighted by Gasteiger charge is 2.20. The van der Waals surface area contributed by atoms with Gasteiger partial charge in [0.05, 0.1) is 18.6 Å². The van der Waals surface area contributed by atoms with Gasteiger partial charge >= 0.3 is 0 Å². The van der Waals surface area contributed by atoms with Crippen molar-refractivity contribution < 1.29 is 9.53 Å². The van der Waals surface area contributed by atoms with Gasteiger partial charge in [0.15, 0.2) is 11.0 Å². The third-order valence-corrected chi connectivity index (χ3v) is 7.37. The third kappa shape index (κ3) is 5.84. The highest BCUT2D eigenvalue weighted by atomic mass is 32.2. The van der Waals surface area contributed by atoms with E-state index in [1.165, 1.54) is 23.1 Å². The molecule has 0 bridgehead atoms. The molecule has 1 amide bonds. The molecule has 186 valence electrons. The number of benzene rings is 1. The highest BCUT2D eigenvalue weighted by Crippen LogP contribution is 2.33. The third-order valence-electron chi connectivity index (χ3n) is 5.40. The van der Waals surface area contributed by atoms with Crippen molar-refractivity contribution >= 4 is 29.0 Å². The largest absolute Gasteiger partial charge is 0.495 e. The fourth-order valence-electron chi connectivity index (χ4n) is 3.63. The summed E-state index contributed by atoms with van der Waals surface area (Å²) in [5, 5.41) is 15.1. The molecule has 11 heteroatoms. The molecule has 37 heavy (non-hydrogen) atoms. The predicted octanol–water partition coefficient (Wildman–Crippen LogP) is 4.45. The van der Waals surface area contributed by atoms with Crippen molar-refractivity contribution in [3.05, 3.63) is 95.0 Å². The molecule has 0 saturated heterocycles. The minimum atomic E-state index is -0.194. The Bertz CT molecular complexity index is 1470. The lowest BCUT2D eigenvalue weighted by Gasteiger charge is -2.13. The van der Waals surface area contributed by atoms with E-state index in [1.54, 1.807) is 31.1 Å². The molecule has 0 unspecified atom stereocenters. The molecule has 0 radical (unpaired) electrons. The minimum Gasteiger partial charge on any atom is -0.495 e. The Morgan fingerprint density at radius 2 is 1.89 bits per heavy atom. The summed E-state index contributed by atoms with van der Waals surface area (Å²) in [5.74, 6) is 1.73. The van der Waals surface area contributed by atoms with E-state index in [9.17, 15) is 4.79 Å². The fraction of sp³-hybridized carbons (Fsp3) is 0.154. The average Bonchev–Trinajstić information content (AvgIpc) is 3.60. The Morgan fingerprint density at radius 1 is 1.05 bits per heavy atom. The minimum absolute atomic E-state index is 0.194. The number of amides is 1. The Hall–Kier alpha value is -4.09. The van der Waals surface area contributed by atoms with E-state index < -0.39 is 0 Å². The van der Waals surface area contributed by atoms with Crippen LogP contribution in [0.1, 0.15) is 21.2 Å². The van der Waals surface area contributed by atoms with E-state index in [1.807, 2.05) is 59.2 Å². The second kappa shape index (κ2) is 11.8. The van der Waals surface area contributed by atoms with Crippen LogP contribution in [0.25, 0.3) is 17.1 Å². The summed E-state index contributed by atoms with van der Waals surface area (Å²) in [6, 6.07) is 17.3. The maximum atomic E-state index is 12.6. The number of hydrogen-bond donors (Lipinski definition) is 1. The molecule has 1 aromatic carbocycles. The molecule has 0 saturated carbocycles. The number of aromatic nitrogens is 6. The van der Waals surface area contributed by atoms with Crippen LogP contribution in [0.2, 0.25) is 0 Å². The lowest BCUT2D eigenvalue weighted by atomic mass is 10.2. The second-order valence-corrected chi connectivity index (χ2v) is 9.68. The summed E-state index contributed by atoms with van der Waals surface area (Å²) < 4.78 is 7.58. The van der Waals surface area contributed by atoms with Gasteiger partial charge in [0.25, 0.3) is 5.91 Å². The zero-order valence-corrected chi connectivity index (χ0v) is 21.6. The number of ether oxygens (including phenoxy) is 1. The number of pyridine rings is 2. The monoisotopic (exact) mass is 529 g/mol. The quantitative estimate of drug-likeness (QED) is 0.264. The molecule has 0 atom stereocenters. The van der Waals surface area contributed by atoms with E-state index in [0.717, 1.165) is 22.0 Å². The van der Waals surface area contributed by atoms with E-state index in [0.29, 0.717) is 41.1 Å². The lowest BCUT2D eigenvalue weighted by molar-refractivity contribution is 0.0949. The molecule has 0 aliphatic heterocycles. The van der Waals surface area contributed by atoms with Crippen molar-refractivity contribution in [2.75, 3.05) is 13.7 Å². The Balaban J connectivity index is 1.30. The van der Waals surface area contributed by atoms with Crippen LogP contribution in [-0.2, 0) is 12.2 Å². The number of thiazole rings is 1. The standard InChI is InChI=1S/C26H23N7O2S2/c1-35-22-8-3-2-7-21(22)33-24(18-9-13-27-14-10-18)31-32-26(33)37-17-23-30-20(16-36-23)25(34)29-15-11-19-6-4-5-12-28-19/h2-10,12-14,16H,11,15,17H2,1H3,(H,29,34). The van der Waals surface area contributed by atoms with E-state index >= 15 is 0 Å². The first-order chi connectivity index (χ1) is 18.2. The van der Waals surface area contributed by atoms with Crippen molar-refractivity contribution in [3.8, 4) is 22.8 Å².